The molecule has 2 aromatic carbocycles. The van der Waals surface area contributed by atoms with E-state index in [2.05, 4.69) is 5.32 Å². The van der Waals surface area contributed by atoms with Crippen LogP contribution in [0.4, 0.5) is 8.78 Å². The maximum atomic E-state index is 13.5. The lowest BCUT2D eigenvalue weighted by molar-refractivity contribution is -0.142. The van der Waals surface area contributed by atoms with Crippen molar-refractivity contribution in [1.29, 1.82) is 0 Å². The fourth-order valence-electron chi connectivity index (χ4n) is 3.62. The Hall–Kier alpha value is -3.29. The summed E-state index contributed by atoms with van der Waals surface area (Å²) in [6.07, 6.45) is 1.46. The molecule has 0 aliphatic carbocycles. The third-order valence-electron chi connectivity index (χ3n) is 5.01. The number of esters is 1. The van der Waals surface area contributed by atoms with Gasteiger partial charge < -0.3 is 15.0 Å². The van der Waals surface area contributed by atoms with Gasteiger partial charge >= 0.3 is 5.97 Å². The zero-order valence-electron chi connectivity index (χ0n) is 19.4. The summed E-state index contributed by atoms with van der Waals surface area (Å²) in [7, 11) is 1.16. The highest BCUT2D eigenvalue weighted by atomic mass is 19.1. The molecule has 0 saturated carbocycles. The number of hydrogen-bond donors (Lipinski definition) is 1. The summed E-state index contributed by atoms with van der Waals surface area (Å²) in [5, 5.41) is 2.56. The molecular weight excluding hydrogens is 430 g/mol. The topological polar surface area (TPSA) is 75.7 Å². The van der Waals surface area contributed by atoms with Crippen LogP contribution in [0.2, 0.25) is 0 Å². The standard InChI is InChI=1S/C25H30F2N2O4/c1-5-7-29(8-6-2)24(31)19-10-16(3)9-18(14-19)23(30)28-22(25(32)33-4)13-17-11-20(26)15-21(27)12-17/h9-12,14-15,22H,5-8,13H2,1-4H3,(H,28,30). The summed E-state index contributed by atoms with van der Waals surface area (Å²) in [6.45, 7) is 6.96. The Balaban J connectivity index is 2.28. The zero-order valence-corrected chi connectivity index (χ0v) is 19.4. The number of methoxy groups -OCH3 is 1. The first kappa shape index (κ1) is 26.0. The van der Waals surface area contributed by atoms with E-state index in [1.54, 1.807) is 24.0 Å². The van der Waals surface area contributed by atoms with Crippen LogP contribution < -0.4 is 5.32 Å². The first-order valence-electron chi connectivity index (χ1n) is 10.9. The summed E-state index contributed by atoms with van der Waals surface area (Å²) in [6, 6.07) is 6.53. The van der Waals surface area contributed by atoms with Crippen molar-refractivity contribution < 1.29 is 27.9 Å². The van der Waals surface area contributed by atoms with Gasteiger partial charge in [-0.05, 0) is 61.2 Å². The minimum absolute atomic E-state index is 0.161. The van der Waals surface area contributed by atoms with Gasteiger partial charge in [0.05, 0.1) is 7.11 Å². The van der Waals surface area contributed by atoms with Crippen molar-refractivity contribution in [3.05, 3.63) is 70.3 Å². The van der Waals surface area contributed by atoms with E-state index in [-0.39, 0.29) is 23.5 Å². The molecule has 0 bridgehead atoms. The predicted octanol–water partition coefficient (Wildman–Crippen LogP) is 4.05. The summed E-state index contributed by atoms with van der Waals surface area (Å²) < 4.78 is 31.8. The van der Waals surface area contributed by atoms with Crippen molar-refractivity contribution in [2.45, 2.75) is 46.1 Å². The van der Waals surface area contributed by atoms with Crippen LogP contribution in [0.25, 0.3) is 0 Å². The molecule has 1 N–H and O–H groups in total. The molecule has 0 aromatic heterocycles. The van der Waals surface area contributed by atoms with Crippen LogP contribution in [-0.2, 0) is 16.0 Å². The van der Waals surface area contributed by atoms with Gasteiger partial charge in [0.25, 0.3) is 11.8 Å². The number of benzene rings is 2. The van der Waals surface area contributed by atoms with Gasteiger partial charge in [-0.1, -0.05) is 13.8 Å². The molecule has 0 aliphatic heterocycles. The molecule has 1 atom stereocenters. The Morgan fingerprint density at radius 1 is 0.939 bits per heavy atom. The van der Waals surface area contributed by atoms with E-state index in [1.807, 2.05) is 13.8 Å². The lowest BCUT2D eigenvalue weighted by Gasteiger charge is -2.22. The normalized spacial score (nSPS) is 11.6. The molecular formula is C25H30F2N2O4. The van der Waals surface area contributed by atoms with E-state index >= 15 is 0 Å². The maximum Gasteiger partial charge on any atom is 0.328 e. The molecule has 178 valence electrons. The maximum absolute atomic E-state index is 13.5. The molecule has 0 heterocycles. The van der Waals surface area contributed by atoms with Gasteiger partial charge in [-0.25, -0.2) is 13.6 Å². The molecule has 2 amide bonds. The summed E-state index contributed by atoms with van der Waals surface area (Å²) in [4.78, 5) is 39.9. The van der Waals surface area contributed by atoms with Crippen LogP contribution >= 0.6 is 0 Å². The monoisotopic (exact) mass is 460 g/mol. The molecule has 1 unspecified atom stereocenters. The van der Waals surface area contributed by atoms with Crippen LogP contribution in [0.3, 0.4) is 0 Å². The molecule has 2 aromatic rings. The minimum Gasteiger partial charge on any atom is -0.467 e. The van der Waals surface area contributed by atoms with Crippen LogP contribution in [0, 0.1) is 18.6 Å². The Morgan fingerprint density at radius 3 is 2.06 bits per heavy atom. The van der Waals surface area contributed by atoms with Crippen LogP contribution in [0.5, 0.6) is 0 Å². The number of carbonyl (C=O) groups is 3. The highest BCUT2D eigenvalue weighted by Crippen LogP contribution is 2.15. The number of ether oxygens (including phenoxy) is 1. The average Bonchev–Trinajstić information content (AvgIpc) is 2.76. The molecule has 8 heteroatoms. The molecule has 0 spiro atoms. The highest BCUT2D eigenvalue weighted by Gasteiger charge is 2.24. The Kier molecular flexibility index (Phi) is 9.51. The quantitative estimate of drug-likeness (QED) is 0.543. The smallest absolute Gasteiger partial charge is 0.328 e. The average molecular weight is 461 g/mol. The van der Waals surface area contributed by atoms with Crippen molar-refractivity contribution in [1.82, 2.24) is 10.2 Å². The highest BCUT2D eigenvalue weighted by molar-refractivity contribution is 6.01. The predicted molar refractivity (Wildman–Crippen MR) is 121 cm³/mol. The minimum atomic E-state index is -1.17. The van der Waals surface area contributed by atoms with E-state index in [1.165, 1.54) is 6.07 Å². The van der Waals surface area contributed by atoms with E-state index in [0.717, 1.165) is 38.2 Å². The van der Waals surface area contributed by atoms with E-state index in [4.69, 9.17) is 4.74 Å². The number of amides is 2. The van der Waals surface area contributed by atoms with E-state index in [9.17, 15) is 23.2 Å². The SMILES string of the molecule is CCCN(CCC)C(=O)c1cc(C)cc(C(=O)NC(Cc2cc(F)cc(F)c2)C(=O)OC)c1. The second-order valence-corrected chi connectivity index (χ2v) is 7.91. The lowest BCUT2D eigenvalue weighted by Crippen LogP contribution is -2.43. The first-order valence-corrected chi connectivity index (χ1v) is 10.9. The fraction of sp³-hybridized carbons (Fsp3) is 0.400. The second-order valence-electron chi connectivity index (χ2n) is 7.91. The van der Waals surface area contributed by atoms with Gasteiger partial charge in [-0.15, -0.1) is 0 Å². The van der Waals surface area contributed by atoms with Gasteiger partial charge in [-0.2, -0.15) is 0 Å². The molecule has 33 heavy (non-hydrogen) atoms. The molecule has 6 nitrogen and oxygen atoms in total. The molecule has 2 rings (SSSR count). The molecule has 0 radical (unpaired) electrons. The van der Waals surface area contributed by atoms with Gasteiger partial charge in [-0.3, -0.25) is 9.59 Å². The molecule has 0 aliphatic rings. The van der Waals surface area contributed by atoms with Crippen LogP contribution in [0.15, 0.2) is 36.4 Å². The number of halogens is 2. The van der Waals surface area contributed by atoms with Gasteiger partial charge in [0, 0.05) is 36.7 Å². The Morgan fingerprint density at radius 2 is 1.52 bits per heavy atom. The number of hydrogen-bond acceptors (Lipinski definition) is 4. The number of nitrogens with zero attached hydrogens (tertiary/aromatic N) is 1. The van der Waals surface area contributed by atoms with Gasteiger partial charge in [0.1, 0.15) is 17.7 Å². The summed E-state index contributed by atoms with van der Waals surface area (Å²) in [5.74, 6) is -3.10. The number of carbonyl (C=O) groups excluding carboxylic acids is 3. The Labute approximate surface area is 192 Å². The second kappa shape index (κ2) is 12.1. The van der Waals surface area contributed by atoms with Crippen molar-refractivity contribution in [3.8, 4) is 0 Å². The van der Waals surface area contributed by atoms with E-state index < -0.39 is 29.6 Å². The van der Waals surface area contributed by atoms with Crippen molar-refractivity contribution in [3.63, 3.8) is 0 Å². The van der Waals surface area contributed by atoms with Crippen LogP contribution in [0.1, 0.15) is 58.5 Å². The van der Waals surface area contributed by atoms with Gasteiger partial charge in [0.2, 0.25) is 0 Å². The van der Waals surface area contributed by atoms with Crippen molar-refractivity contribution in [2.75, 3.05) is 20.2 Å². The lowest BCUT2D eigenvalue weighted by atomic mass is 10.0. The first-order chi connectivity index (χ1) is 15.7. The molecule has 0 fully saturated rings. The number of rotatable bonds is 10. The van der Waals surface area contributed by atoms with E-state index in [0.29, 0.717) is 24.2 Å². The summed E-state index contributed by atoms with van der Waals surface area (Å²) >= 11 is 0. The third kappa shape index (κ3) is 7.37. The van der Waals surface area contributed by atoms with Crippen molar-refractivity contribution >= 4 is 17.8 Å². The van der Waals surface area contributed by atoms with Gasteiger partial charge in [0.15, 0.2) is 0 Å². The molecule has 0 saturated heterocycles. The van der Waals surface area contributed by atoms with Crippen molar-refractivity contribution in [2.24, 2.45) is 0 Å². The largest absolute Gasteiger partial charge is 0.467 e. The van der Waals surface area contributed by atoms with Crippen LogP contribution in [-0.4, -0.2) is 48.9 Å². The number of nitrogens with one attached hydrogen (secondary N) is 1. The Bertz CT molecular complexity index is 984. The fourth-order valence-corrected chi connectivity index (χ4v) is 3.62. The third-order valence-corrected chi connectivity index (χ3v) is 5.01. The number of aryl methyl sites for hydroxylation is 1. The summed E-state index contributed by atoms with van der Waals surface area (Å²) in [5.41, 5.74) is 1.48. The zero-order chi connectivity index (χ0) is 24.5.